The van der Waals surface area contributed by atoms with Gasteiger partial charge in [-0.25, -0.2) is 0 Å². The zero-order valence-corrected chi connectivity index (χ0v) is 13.9. The van der Waals surface area contributed by atoms with Gasteiger partial charge in [-0.3, -0.25) is 0 Å². The first kappa shape index (κ1) is 14.5. The van der Waals surface area contributed by atoms with E-state index < -0.39 is 0 Å². The smallest absolute Gasteiger partial charge is 0.127 e. The first-order chi connectivity index (χ1) is 10.2. The molecule has 1 heterocycles. The number of fused-ring (bicyclic) bond motifs is 1. The lowest BCUT2D eigenvalue weighted by molar-refractivity contribution is 0.354. The first-order valence-corrected chi connectivity index (χ1v) is 7.86. The Kier molecular flexibility index (Phi) is 4.27. The van der Waals surface area contributed by atoms with Crippen LogP contribution in [0.3, 0.4) is 0 Å². The Morgan fingerprint density at radius 2 is 2.19 bits per heavy atom. The number of ether oxygens (including phenoxy) is 2. The molecule has 1 aliphatic heterocycles. The molecule has 2 aromatic carbocycles. The van der Waals surface area contributed by atoms with Crippen molar-refractivity contribution < 1.29 is 9.47 Å². The molecule has 0 fully saturated rings. The SMILES string of the molecule is COc1ccc(Cl)c(NCc2cc(Br)cc3c2OCC3)c1. The highest BCUT2D eigenvalue weighted by Crippen LogP contribution is 2.34. The normalized spacial score (nSPS) is 12.7. The fraction of sp³-hybridized carbons (Fsp3) is 0.250. The summed E-state index contributed by atoms with van der Waals surface area (Å²) in [5, 5.41) is 4.02. The first-order valence-electron chi connectivity index (χ1n) is 6.69. The van der Waals surface area contributed by atoms with Gasteiger partial charge in [-0.1, -0.05) is 27.5 Å². The molecular formula is C16H15BrClNO2. The van der Waals surface area contributed by atoms with Gasteiger partial charge in [0.25, 0.3) is 0 Å². The maximum atomic E-state index is 6.21. The summed E-state index contributed by atoms with van der Waals surface area (Å²) in [7, 11) is 1.64. The molecule has 0 aromatic heterocycles. The summed E-state index contributed by atoms with van der Waals surface area (Å²) in [4.78, 5) is 0. The van der Waals surface area contributed by atoms with Crippen molar-refractivity contribution in [1.82, 2.24) is 0 Å². The molecule has 2 aromatic rings. The summed E-state index contributed by atoms with van der Waals surface area (Å²) in [5.74, 6) is 1.77. The highest BCUT2D eigenvalue weighted by molar-refractivity contribution is 9.10. The molecule has 1 N–H and O–H groups in total. The fourth-order valence-corrected chi connectivity index (χ4v) is 3.17. The molecule has 0 unspecified atom stereocenters. The van der Waals surface area contributed by atoms with Crippen LogP contribution in [-0.2, 0) is 13.0 Å². The lowest BCUT2D eigenvalue weighted by Gasteiger charge is -2.13. The molecule has 0 amide bonds. The van der Waals surface area contributed by atoms with Crippen LogP contribution in [0.2, 0.25) is 5.02 Å². The fourth-order valence-electron chi connectivity index (χ4n) is 2.43. The van der Waals surface area contributed by atoms with Crippen LogP contribution in [0.5, 0.6) is 11.5 Å². The van der Waals surface area contributed by atoms with Crippen LogP contribution in [0.25, 0.3) is 0 Å². The van der Waals surface area contributed by atoms with Crippen molar-refractivity contribution in [2.24, 2.45) is 0 Å². The molecular weight excluding hydrogens is 354 g/mol. The van der Waals surface area contributed by atoms with Gasteiger partial charge in [-0.2, -0.15) is 0 Å². The number of hydrogen-bond acceptors (Lipinski definition) is 3. The van der Waals surface area contributed by atoms with Gasteiger partial charge in [-0.15, -0.1) is 0 Å². The second-order valence-electron chi connectivity index (χ2n) is 4.85. The minimum atomic E-state index is 0.647. The number of rotatable bonds is 4. The molecule has 0 radical (unpaired) electrons. The predicted octanol–water partition coefficient (Wildman–Crippen LogP) is 4.66. The molecule has 0 atom stereocenters. The summed E-state index contributed by atoms with van der Waals surface area (Å²) in [6, 6.07) is 9.75. The third kappa shape index (κ3) is 3.11. The molecule has 110 valence electrons. The third-order valence-electron chi connectivity index (χ3n) is 3.47. The van der Waals surface area contributed by atoms with Gasteiger partial charge in [0.05, 0.1) is 24.4 Å². The van der Waals surface area contributed by atoms with Gasteiger partial charge in [0.15, 0.2) is 0 Å². The zero-order valence-electron chi connectivity index (χ0n) is 11.6. The number of benzene rings is 2. The Morgan fingerprint density at radius 3 is 3.00 bits per heavy atom. The van der Waals surface area contributed by atoms with Gasteiger partial charge in [0.1, 0.15) is 11.5 Å². The van der Waals surface area contributed by atoms with Gasteiger partial charge in [-0.05, 0) is 29.8 Å². The molecule has 0 saturated carbocycles. The molecule has 21 heavy (non-hydrogen) atoms. The standard InChI is InChI=1S/C16H15BrClNO2/c1-20-13-2-3-14(18)15(8-13)19-9-11-7-12(17)6-10-4-5-21-16(10)11/h2-3,6-8,19H,4-5,9H2,1H3. The van der Waals surface area contributed by atoms with Crippen LogP contribution < -0.4 is 14.8 Å². The maximum absolute atomic E-state index is 6.21. The lowest BCUT2D eigenvalue weighted by Crippen LogP contribution is -2.02. The van der Waals surface area contributed by atoms with E-state index in [4.69, 9.17) is 21.1 Å². The second-order valence-corrected chi connectivity index (χ2v) is 6.17. The van der Waals surface area contributed by atoms with Crippen molar-refractivity contribution in [3.8, 4) is 11.5 Å². The number of methoxy groups -OCH3 is 1. The average Bonchev–Trinajstić information content (AvgIpc) is 2.94. The topological polar surface area (TPSA) is 30.5 Å². The van der Waals surface area contributed by atoms with Gasteiger partial charge in [0, 0.05) is 29.1 Å². The van der Waals surface area contributed by atoms with Crippen LogP contribution in [0.4, 0.5) is 5.69 Å². The molecule has 0 spiro atoms. The summed E-state index contributed by atoms with van der Waals surface area (Å²) in [6.07, 6.45) is 0.960. The van der Waals surface area contributed by atoms with Crippen LogP contribution in [0.1, 0.15) is 11.1 Å². The number of hydrogen-bond donors (Lipinski definition) is 1. The Labute approximate surface area is 137 Å². The van der Waals surface area contributed by atoms with Crippen molar-refractivity contribution in [2.45, 2.75) is 13.0 Å². The summed E-state index contributed by atoms with van der Waals surface area (Å²) < 4.78 is 12.0. The van der Waals surface area contributed by atoms with Crippen LogP contribution in [-0.4, -0.2) is 13.7 Å². The van der Waals surface area contributed by atoms with E-state index in [-0.39, 0.29) is 0 Å². The molecule has 5 heteroatoms. The van der Waals surface area contributed by atoms with E-state index in [1.807, 2.05) is 18.2 Å². The van der Waals surface area contributed by atoms with Crippen LogP contribution in [0, 0.1) is 0 Å². The van der Waals surface area contributed by atoms with E-state index in [0.717, 1.165) is 40.3 Å². The number of anilines is 1. The number of halogens is 2. The predicted molar refractivity (Wildman–Crippen MR) is 88.7 cm³/mol. The van der Waals surface area contributed by atoms with E-state index in [9.17, 15) is 0 Å². The Balaban J connectivity index is 1.82. The molecule has 0 saturated heterocycles. The zero-order chi connectivity index (χ0) is 14.8. The van der Waals surface area contributed by atoms with Crippen molar-refractivity contribution >= 4 is 33.2 Å². The highest BCUT2D eigenvalue weighted by Gasteiger charge is 2.17. The minimum absolute atomic E-state index is 0.647. The molecule has 0 aliphatic carbocycles. The third-order valence-corrected chi connectivity index (χ3v) is 4.26. The Hall–Kier alpha value is -1.39. The van der Waals surface area contributed by atoms with E-state index >= 15 is 0 Å². The summed E-state index contributed by atoms with van der Waals surface area (Å²) in [6.45, 7) is 1.40. The van der Waals surface area contributed by atoms with Gasteiger partial charge < -0.3 is 14.8 Å². The van der Waals surface area contributed by atoms with Gasteiger partial charge >= 0.3 is 0 Å². The Bertz CT molecular complexity index is 676. The molecule has 3 rings (SSSR count). The quantitative estimate of drug-likeness (QED) is 0.851. The molecule has 3 nitrogen and oxygen atoms in total. The van der Waals surface area contributed by atoms with E-state index in [1.54, 1.807) is 7.11 Å². The van der Waals surface area contributed by atoms with E-state index in [0.29, 0.717) is 11.6 Å². The second kappa shape index (κ2) is 6.16. The Morgan fingerprint density at radius 1 is 1.33 bits per heavy atom. The molecule has 0 bridgehead atoms. The van der Waals surface area contributed by atoms with Crippen molar-refractivity contribution in [3.63, 3.8) is 0 Å². The maximum Gasteiger partial charge on any atom is 0.127 e. The number of nitrogens with one attached hydrogen (secondary N) is 1. The average molecular weight is 369 g/mol. The summed E-state index contributed by atoms with van der Waals surface area (Å²) >= 11 is 9.76. The highest BCUT2D eigenvalue weighted by atomic mass is 79.9. The van der Waals surface area contributed by atoms with Crippen molar-refractivity contribution in [1.29, 1.82) is 0 Å². The van der Waals surface area contributed by atoms with Crippen molar-refractivity contribution in [2.75, 3.05) is 19.0 Å². The van der Waals surface area contributed by atoms with E-state index in [1.165, 1.54) is 5.56 Å². The lowest BCUT2D eigenvalue weighted by atomic mass is 10.1. The van der Waals surface area contributed by atoms with Crippen molar-refractivity contribution in [3.05, 3.63) is 51.0 Å². The summed E-state index contributed by atoms with van der Waals surface area (Å²) in [5.41, 5.74) is 3.22. The van der Waals surface area contributed by atoms with Gasteiger partial charge in [0.2, 0.25) is 0 Å². The minimum Gasteiger partial charge on any atom is -0.497 e. The van der Waals surface area contributed by atoms with E-state index in [2.05, 4.69) is 33.4 Å². The monoisotopic (exact) mass is 367 g/mol. The van der Waals surface area contributed by atoms with Crippen LogP contribution >= 0.6 is 27.5 Å². The largest absolute Gasteiger partial charge is 0.497 e. The van der Waals surface area contributed by atoms with Crippen LogP contribution in [0.15, 0.2) is 34.8 Å². The molecule has 1 aliphatic rings.